The Kier molecular flexibility index (Phi) is 4.69. The molecule has 0 saturated carbocycles. The topological polar surface area (TPSA) is 64.7 Å². The minimum atomic E-state index is -0.270. The number of carbonyl (C=O) groups is 1. The van der Waals surface area contributed by atoms with Crippen molar-refractivity contribution in [2.24, 2.45) is 0 Å². The highest BCUT2D eigenvalue weighted by Crippen LogP contribution is 2.11. The number of anilines is 1. The second kappa shape index (κ2) is 7.08. The van der Waals surface area contributed by atoms with E-state index in [2.05, 4.69) is 15.5 Å². The Morgan fingerprint density at radius 2 is 2.08 bits per heavy atom. The summed E-state index contributed by atoms with van der Waals surface area (Å²) < 4.78 is 17.0. The average Bonchev–Trinajstić information content (AvgIpc) is 3.17. The first-order valence-electron chi connectivity index (χ1n) is 7.66. The maximum Gasteiger partial charge on any atom is 0.226 e. The Balaban J connectivity index is 1.53. The van der Waals surface area contributed by atoms with E-state index < -0.39 is 0 Å². The molecule has 24 heavy (non-hydrogen) atoms. The number of amides is 1. The van der Waals surface area contributed by atoms with Gasteiger partial charge in [-0.1, -0.05) is 18.2 Å². The summed E-state index contributed by atoms with van der Waals surface area (Å²) in [6, 6.07) is 8.45. The first kappa shape index (κ1) is 15.9. The van der Waals surface area contributed by atoms with E-state index in [1.165, 1.54) is 6.07 Å². The average molecular weight is 327 g/mol. The van der Waals surface area contributed by atoms with Crippen molar-refractivity contribution < 1.29 is 9.18 Å². The van der Waals surface area contributed by atoms with Crippen LogP contribution in [0.3, 0.4) is 0 Å². The van der Waals surface area contributed by atoms with Crippen molar-refractivity contribution in [1.82, 2.24) is 19.6 Å². The van der Waals surface area contributed by atoms with Crippen molar-refractivity contribution in [1.29, 1.82) is 0 Å². The molecular formula is C17H18FN5O. The van der Waals surface area contributed by atoms with Crippen LogP contribution in [0.1, 0.15) is 17.7 Å². The summed E-state index contributed by atoms with van der Waals surface area (Å²) in [6.07, 6.45) is 5.40. The van der Waals surface area contributed by atoms with E-state index >= 15 is 0 Å². The molecule has 0 saturated heterocycles. The summed E-state index contributed by atoms with van der Waals surface area (Å²) in [4.78, 5) is 12.0. The van der Waals surface area contributed by atoms with Crippen LogP contribution in [0.15, 0.2) is 48.9 Å². The van der Waals surface area contributed by atoms with E-state index in [-0.39, 0.29) is 11.7 Å². The number of benzene rings is 1. The number of hydrogen-bond acceptors (Lipinski definition) is 3. The lowest BCUT2D eigenvalue weighted by Gasteiger charge is -2.04. The van der Waals surface area contributed by atoms with Crippen molar-refractivity contribution in [2.45, 2.75) is 26.4 Å². The Bertz CT molecular complexity index is 839. The van der Waals surface area contributed by atoms with Gasteiger partial charge in [0.1, 0.15) is 5.82 Å². The van der Waals surface area contributed by atoms with Gasteiger partial charge in [0.2, 0.25) is 5.91 Å². The Labute approximate surface area is 138 Å². The molecule has 6 nitrogen and oxygen atoms in total. The number of hydrogen-bond donors (Lipinski definition) is 1. The third kappa shape index (κ3) is 4.07. The van der Waals surface area contributed by atoms with E-state index in [1.54, 1.807) is 40.0 Å². The summed E-state index contributed by atoms with van der Waals surface area (Å²) in [7, 11) is 0. The van der Waals surface area contributed by atoms with Crippen LogP contribution in [0.2, 0.25) is 0 Å². The predicted octanol–water partition coefficient (Wildman–Crippen LogP) is 2.60. The largest absolute Gasteiger partial charge is 0.323 e. The molecule has 124 valence electrons. The molecule has 3 aromatic rings. The minimum absolute atomic E-state index is 0.117. The fraction of sp³-hybridized carbons (Fsp3) is 0.235. The van der Waals surface area contributed by atoms with E-state index in [4.69, 9.17) is 0 Å². The molecule has 0 radical (unpaired) electrons. The smallest absolute Gasteiger partial charge is 0.226 e. The van der Waals surface area contributed by atoms with E-state index in [0.717, 1.165) is 5.69 Å². The second-order valence-corrected chi connectivity index (χ2v) is 5.54. The third-order valence-electron chi connectivity index (χ3n) is 3.55. The number of nitrogens with one attached hydrogen (secondary N) is 1. The first-order chi connectivity index (χ1) is 11.6. The van der Waals surface area contributed by atoms with Crippen LogP contribution in [0.4, 0.5) is 10.1 Å². The Morgan fingerprint density at radius 1 is 1.25 bits per heavy atom. The zero-order chi connectivity index (χ0) is 16.9. The van der Waals surface area contributed by atoms with Gasteiger partial charge in [0, 0.05) is 30.9 Å². The van der Waals surface area contributed by atoms with Gasteiger partial charge in [0.15, 0.2) is 0 Å². The molecule has 0 bridgehead atoms. The molecule has 0 aliphatic carbocycles. The van der Waals surface area contributed by atoms with Crippen molar-refractivity contribution in [3.8, 4) is 0 Å². The zero-order valence-corrected chi connectivity index (χ0v) is 13.3. The lowest BCUT2D eigenvalue weighted by atomic mass is 10.2. The highest BCUT2D eigenvalue weighted by molar-refractivity contribution is 5.90. The van der Waals surface area contributed by atoms with Crippen LogP contribution in [-0.4, -0.2) is 25.5 Å². The van der Waals surface area contributed by atoms with Crippen molar-refractivity contribution in [3.05, 3.63) is 66.0 Å². The number of rotatable bonds is 6. The van der Waals surface area contributed by atoms with Crippen molar-refractivity contribution >= 4 is 11.6 Å². The van der Waals surface area contributed by atoms with Crippen molar-refractivity contribution in [2.75, 3.05) is 5.32 Å². The molecule has 0 unspecified atom stereocenters. The summed E-state index contributed by atoms with van der Waals surface area (Å²) in [5, 5.41) is 11.2. The Morgan fingerprint density at radius 3 is 2.83 bits per heavy atom. The molecule has 0 spiro atoms. The molecule has 1 amide bonds. The molecule has 2 heterocycles. The molecule has 1 N–H and O–H groups in total. The first-order valence-corrected chi connectivity index (χ1v) is 7.66. The van der Waals surface area contributed by atoms with Gasteiger partial charge in [0.25, 0.3) is 0 Å². The minimum Gasteiger partial charge on any atom is -0.323 e. The van der Waals surface area contributed by atoms with Crippen LogP contribution in [0.25, 0.3) is 0 Å². The molecule has 7 heteroatoms. The molecular weight excluding hydrogens is 309 g/mol. The van der Waals surface area contributed by atoms with Gasteiger partial charge in [-0.2, -0.15) is 10.2 Å². The standard InChI is InChI=1S/C17H18FN5O/c1-13-6-8-22(21-13)9-7-17(24)20-15-10-19-23(12-15)11-14-4-2-3-5-16(14)18/h2-6,8,10,12H,7,9,11H2,1H3,(H,20,24). The van der Waals surface area contributed by atoms with E-state index in [9.17, 15) is 9.18 Å². The number of halogens is 1. The van der Waals surface area contributed by atoms with Gasteiger partial charge < -0.3 is 5.32 Å². The Hall–Kier alpha value is -2.96. The van der Waals surface area contributed by atoms with Gasteiger partial charge in [-0.05, 0) is 19.1 Å². The monoisotopic (exact) mass is 327 g/mol. The fourth-order valence-corrected chi connectivity index (χ4v) is 2.34. The molecule has 0 atom stereocenters. The number of nitrogens with zero attached hydrogens (tertiary/aromatic N) is 4. The quantitative estimate of drug-likeness (QED) is 0.757. The van der Waals surface area contributed by atoms with Gasteiger partial charge in [-0.3, -0.25) is 14.2 Å². The van der Waals surface area contributed by atoms with Crippen LogP contribution in [-0.2, 0) is 17.9 Å². The van der Waals surface area contributed by atoms with Crippen LogP contribution >= 0.6 is 0 Å². The highest BCUT2D eigenvalue weighted by Gasteiger charge is 2.07. The summed E-state index contributed by atoms with van der Waals surface area (Å²) in [5.41, 5.74) is 2.06. The maximum atomic E-state index is 13.6. The normalized spacial score (nSPS) is 10.8. The van der Waals surface area contributed by atoms with E-state index in [0.29, 0.717) is 30.8 Å². The molecule has 0 aliphatic rings. The predicted molar refractivity (Wildman–Crippen MR) is 87.9 cm³/mol. The maximum absolute atomic E-state index is 13.6. The van der Waals surface area contributed by atoms with E-state index in [1.807, 2.05) is 19.2 Å². The molecule has 0 fully saturated rings. The molecule has 2 aromatic heterocycles. The second-order valence-electron chi connectivity index (χ2n) is 5.54. The van der Waals surface area contributed by atoms with Crippen molar-refractivity contribution in [3.63, 3.8) is 0 Å². The summed E-state index contributed by atoms with van der Waals surface area (Å²) in [6.45, 7) is 2.73. The van der Waals surface area contributed by atoms with Gasteiger partial charge >= 0.3 is 0 Å². The molecule has 0 aliphatic heterocycles. The molecule has 3 rings (SSSR count). The van der Waals surface area contributed by atoms with Gasteiger partial charge in [-0.15, -0.1) is 0 Å². The summed E-state index contributed by atoms with van der Waals surface area (Å²) >= 11 is 0. The van der Waals surface area contributed by atoms with Crippen LogP contribution in [0.5, 0.6) is 0 Å². The number of carbonyl (C=O) groups excluding carboxylic acids is 1. The van der Waals surface area contributed by atoms with Crippen LogP contribution < -0.4 is 5.32 Å². The van der Waals surface area contributed by atoms with Gasteiger partial charge in [-0.25, -0.2) is 4.39 Å². The van der Waals surface area contributed by atoms with Crippen LogP contribution in [0, 0.1) is 12.7 Å². The third-order valence-corrected chi connectivity index (χ3v) is 3.55. The number of aromatic nitrogens is 4. The number of aryl methyl sites for hydroxylation is 2. The zero-order valence-electron chi connectivity index (χ0n) is 13.3. The SMILES string of the molecule is Cc1ccn(CCC(=O)Nc2cnn(Cc3ccccc3F)c2)n1. The molecule has 1 aromatic carbocycles. The lowest BCUT2D eigenvalue weighted by Crippen LogP contribution is -2.14. The fourth-order valence-electron chi connectivity index (χ4n) is 2.34. The highest BCUT2D eigenvalue weighted by atomic mass is 19.1. The van der Waals surface area contributed by atoms with Gasteiger partial charge in [0.05, 0.1) is 24.1 Å². The lowest BCUT2D eigenvalue weighted by molar-refractivity contribution is -0.116. The summed E-state index contributed by atoms with van der Waals surface area (Å²) in [5.74, 6) is -0.387.